The lowest BCUT2D eigenvalue weighted by Gasteiger charge is -2.14. The number of alkyl halides is 1. The van der Waals surface area contributed by atoms with Crippen LogP contribution in [0.3, 0.4) is 0 Å². The first-order chi connectivity index (χ1) is 8.53. The molecule has 0 spiro atoms. The fraction of sp³-hybridized carbons (Fsp3) is 0.500. The van der Waals surface area contributed by atoms with Crippen LogP contribution < -0.4 is 4.72 Å². The summed E-state index contributed by atoms with van der Waals surface area (Å²) in [4.78, 5) is 0.202. The molecule has 0 saturated carbocycles. The Kier molecular flexibility index (Phi) is 6.08. The SMILES string of the molecule is CC[C@H](CO)NS(=O)(=O)c1ccc(CCCl)cc1. The lowest BCUT2D eigenvalue weighted by atomic mass is 10.2. The van der Waals surface area contributed by atoms with Crippen LogP contribution >= 0.6 is 11.6 Å². The van der Waals surface area contributed by atoms with Gasteiger partial charge in [-0.25, -0.2) is 13.1 Å². The fourth-order valence-electron chi connectivity index (χ4n) is 1.48. The second kappa shape index (κ2) is 7.09. The van der Waals surface area contributed by atoms with Gasteiger partial charge in [0.25, 0.3) is 0 Å². The molecule has 0 heterocycles. The second-order valence-electron chi connectivity index (χ2n) is 3.99. The average Bonchev–Trinajstić information content (AvgIpc) is 2.37. The molecule has 0 aliphatic rings. The molecule has 0 fully saturated rings. The molecule has 0 bridgehead atoms. The van der Waals surface area contributed by atoms with E-state index in [1.165, 1.54) is 0 Å². The molecular weight excluding hydrogens is 274 g/mol. The van der Waals surface area contributed by atoms with Gasteiger partial charge < -0.3 is 5.11 Å². The third-order valence-electron chi connectivity index (χ3n) is 2.65. The van der Waals surface area contributed by atoms with Crippen molar-refractivity contribution >= 4 is 21.6 Å². The summed E-state index contributed by atoms with van der Waals surface area (Å²) < 4.78 is 26.4. The smallest absolute Gasteiger partial charge is 0.240 e. The van der Waals surface area contributed by atoms with Crippen molar-refractivity contribution in [2.75, 3.05) is 12.5 Å². The van der Waals surface area contributed by atoms with E-state index in [1.807, 2.05) is 6.92 Å². The van der Waals surface area contributed by atoms with E-state index in [0.717, 1.165) is 5.56 Å². The van der Waals surface area contributed by atoms with Gasteiger partial charge in [-0.3, -0.25) is 0 Å². The van der Waals surface area contributed by atoms with E-state index in [4.69, 9.17) is 16.7 Å². The first-order valence-electron chi connectivity index (χ1n) is 5.81. The van der Waals surface area contributed by atoms with Gasteiger partial charge >= 0.3 is 0 Å². The molecule has 4 nitrogen and oxygen atoms in total. The molecule has 2 N–H and O–H groups in total. The van der Waals surface area contributed by atoms with E-state index < -0.39 is 16.1 Å². The van der Waals surface area contributed by atoms with Gasteiger partial charge in [-0.1, -0.05) is 19.1 Å². The van der Waals surface area contributed by atoms with Crippen molar-refractivity contribution < 1.29 is 13.5 Å². The Labute approximate surface area is 113 Å². The van der Waals surface area contributed by atoms with Crippen molar-refractivity contribution in [2.24, 2.45) is 0 Å². The van der Waals surface area contributed by atoms with Gasteiger partial charge in [0.1, 0.15) is 0 Å². The van der Waals surface area contributed by atoms with Crippen molar-refractivity contribution in [3.63, 3.8) is 0 Å². The number of aliphatic hydroxyl groups excluding tert-OH is 1. The molecular formula is C12H18ClNO3S. The van der Waals surface area contributed by atoms with Crippen LogP contribution in [0.4, 0.5) is 0 Å². The Morgan fingerprint density at radius 2 is 1.94 bits per heavy atom. The quantitative estimate of drug-likeness (QED) is 0.749. The number of sulfonamides is 1. The van der Waals surface area contributed by atoms with Crippen molar-refractivity contribution in [3.8, 4) is 0 Å². The molecule has 0 aliphatic carbocycles. The Morgan fingerprint density at radius 3 is 2.39 bits per heavy atom. The highest BCUT2D eigenvalue weighted by Gasteiger charge is 2.18. The molecule has 0 unspecified atom stereocenters. The number of aryl methyl sites for hydroxylation is 1. The second-order valence-corrected chi connectivity index (χ2v) is 6.08. The molecule has 1 aromatic carbocycles. The van der Waals surface area contributed by atoms with Crippen LogP contribution in [-0.2, 0) is 16.4 Å². The Hall–Kier alpha value is -0.620. The number of hydrogen-bond acceptors (Lipinski definition) is 3. The van der Waals surface area contributed by atoms with Crippen molar-refractivity contribution in [2.45, 2.75) is 30.7 Å². The minimum Gasteiger partial charge on any atom is -0.395 e. The summed E-state index contributed by atoms with van der Waals surface area (Å²) in [5.74, 6) is 0.507. The lowest BCUT2D eigenvalue weighted by Crippen LogP contribution is -2.36. The number of aliphatic hydroxyl groups is 1. The highest BCUT2D eigenvalue weighted by atomic mass is 35.5. The topological polar surface area (TPSA) is 66.4 Å². The highest BCUT2D eigenvalue weighted by Crippen LogP contribution is 2.12. The summed E-state index contributed by atoms with van der Waals surface area (Å²) >= 11 is 5.61. The summed E-state index contributed by atoms with van der Waals surface area (Å²) in [6.45, 7) is 1.60. The van der Waals surface area contributed by atoms with E-state index in [-0.39, 0.29) is 11.5 Å². The fourth-order valence-corrected chi connectivity index (χ4v) is 3.01. The molecule has 0 amide bonds. The number of nitrogens with one attached hydrogen (secondary N) is 1. The minimum atomic E-state index is -3.56. The van der Waals surface area contributed by atoms with Crippen LogP contribution in [0, 0.1) is 0 Å². The standard InChI is InChI=1S/C12H18ClNO3S/c1-2-11(9-15)14-18(16,17)12-5-3-10(4-6-12)7-8-13/h3-6,11,14-15H,2,7-9H2,1H3/t11-/m1/s1. The van der Waals surface area contributed by atoms with Crippen molar-refractivity contribution in [1.29, 1.82) is 0 Å². The van der Waals surface area contributed by atoms with Gasteiger partial charge in [-0.05, 0) is 30.5 Å². The van der Waals surface area contributed by atoms with Crippen molar-refractivity contribution in [3.05, 3.63) is 29.8 Å². The molecule has 0 saturated heterocycles. The van der Waals surface area contributed by atoms with Crippen LogP contribution in [0.1, 0.15) is 18.9 Å². The molecule has 102 valence electrons. The molecule has 18 heavy (non-hydrogen) atoms. The van der Waals surface area contributed by atoms with Crippen LogP contribution in [0.25, 0.3) is 0 Å². The summed E-state index contributed by atoms with van der Waals surface area (Å²) in [7, 11) is -3.56. The number of hydrogen-bond donors (Lipinski definition) is 2. The average molecular weight is 292 g/mol. The van der Waals surface area contributed by atoms with Gasteiger partial charge in [0.15, 0.2) is 0 Å². The molecule has 1 aromatic rings. The van der Waals surface area contributed by atoms with Crippen LogP contribution in [0.2, 0.25) is 0 Å². The Bertz CT molecular complexity index is 455. The third-order valence-corrected chi connectivity index (χ3v) is 4.38. The Balaban J connectivity index is 2.84. The van der Waals surface area contributed by atoms with Crippen molar-refractivity contribution in [1.82, 2.24) is 4.72 Å². The molecule has 0 aromatic heterocycles. The zero-order valence-electron chi connectivity index (χ0n) is 10.3. The highest BCUT2D eigenvalue weighted by molar-refractivity contribution is 7.89. The lowest BCUT2D eigenvalue weighted by molar-refractivity contribution is 0.254. The first kappa shape index (κ1) is 15.4. The molecule has 0 radical (unpaired) electrons. The number of halogens is 1. The monoisotopic (exact) mass is 291 g/mol. The van der Waals surface area contributed by atoms with Gasteiger partial charge in [-0.2, -0.15) is 0 Å². The maximum absolute atomic E-state index is 12.0. The molecule has 1 atom stereocenters. The van der Waals surface area contributed by atoms with E-state index >= 15 is 0 Å². The van der Waals surface area contributed by atoms with Gasteiger partial charge in [-0.15, -0.1) is 11.6 Å². The summed E-state index contributed by atoms with van der Waals surface area (Å²) in [6, 6.07) is 6.15. The Morgan fingerprint density at radius 1 is 1.33 bits per heavy atom. The van der Waals surface area contributed by atoms with Crippen LogP contribution in [0.5, 0.6) is 0 Å². The zero-order valence-corrected chi connectivity index (χ0v) is 11.8. The summed E-state index contributed by atoms with van der Waals surface area (Å²) in [5, 5.41) is 9.01. The van der Waals surface area contributed by atoms with Crippen LogP contribution in [-0.4, -0.2) is 32.1 Å². The van der Waals surface area contributed by atoms with Gasteiger partial charge in [0.05, 0.1) is 11.5 Å². The van der Waals surface area contributed by atoms with E-state index in [2.05, 4.69) is 4.72 Å². The third kappa shape index (κ3) is 4.24. The van der Waals surface area contributed by atoms with Gasteiger partial charge in [0.2, 0.25) is 10.0 Å². The molecule has 1 rings (SSSR count). The molecule has 6 heteroatoms. The first-order valence-corrected chi connectivity index (χ1v) is 7.83. The van der Waals surface area contributed by atoms with Gasteiger partial charge in [0, 0.05) is 11.9 Å². The number of benzene rings is 1. The predicted octanol–water partition coefficient (Wildman–Crippen LogP) is 1.52. The normalized spacial score (nSPS) is 13.5. The predicted molar refractivity (Wildman–Crippen MR) is 72.4 cm³/mol. The molecule has 0 aliphatic heterocycles. The minimum absolute atomic E-state index is 0.202. The number of rotatable bonds is 7. The van der Waals surface area contributed by atoms with E-state index in [0.29, 0.717) is 18.7 Å². The zero-order chi connectivity index (χ0) is 13.6. The summed E-state index contributed by atoms with van der Waals surface area (Å²) in [6.07, 6.45) is 1.25. The van der Waals surface area contributed by atoms with E-state index in [9.17, 15) is 8.42 Å². The van der Waals surface area contributed by atoms with E-state index in [1.54, 1.807) is 24.3 Å². The maximum atomic E-state index is 12.0. The largest absolute Gasteiger partial charge is 0.395 e. The van der Waals surface area contributed by atoms with Crippen LogP contribution in [0.15, 0.2) is 29.2 Å². The maximum Gasteiger partial charge on any atom is 0.240 e. The summed E-state index contributed by atoms with van der Waals surface area (Å²) in [5.41, 5.74) is 0.998.